The molecule has 0 saturated heterocycles. The highest BCUT2D eigenvalue weighted by atomic mass is 16.5. The molecule has 0 aromatic heterocycles. The highest BCUT2D eigenvalue weighted by Gasteiger charge is 2.32. The normalized spacial score (nSPS) is 21.8. The fraction of sp³-hybridized carbons (Fsp3) is 0.533. The maximum absolute atomic E-state index is 11.1. The summed E-state index contributed by atoms with van der Waals surface area (Å²) in [5, 5.41) is 9.10. The van der Waals surface area contributed by atoms with Crippen molar-refractivity contribution in [1.29, 1.82) is 0 Å². The van der Waals surface area contributed by atoms with E-state index in [0.29, 0.717) is 12.5 Å². The molecule has 4 nitrogen and oxygen atoms in total. The average Bonchev–Trinajstić information content (AvgIpc) is 2.37. The van der Waals surface area contributed by atoms with E-state index < -0.39 is 5.97 Å². The Labute approximate surface area is 114 Å². The predicted molar refractivity (Wildman–Crippen MR) is 73.3 cm³/mol. The molecule has 1 N–H and O–H groups in total. The first-order chi connectivity index (χ1) is 9.13. The number of hydrogen-bond acceptors (Lipinski definition) is 3. The molecule has 0 bridgehead atoms. The van der Waals surface area contributed by atoms with E-state index >= 15 is 0 Å². The van der Waals surface area contributed by atoms with Crippen LogP contribution in [0.5, 0.6) is 5.75 Å². The highest BCUT2D eigenvalue weighted by Crippen LogP contribution is 2.38. The van der Waals surface area contributed by atoms with Gasteiger partial charge in [0.15, 0.2) is 0 Å². The molecule has 1 aliphatic heterocycles. The van der Waals surface area contributed by atoms with Crippen LogP contribution >= 0.6 is 0 Å². The Morgan fingerprint density at radius 1 is 1.47 bits per heavy atom. The van der Waals surface area contributed by atoms with Crippen LogP contribution in [0.2, 0.25) is 0 Å². The van der Waals surface area contributed by atoms with Crippen LogP contribution in [0.25, 0.3) is 0 Å². The third kappa shape index (κ3) is 3.07. The zero-order valence-electron chi connectivity index (χ0n) is 11.5. The molecule has 1 aliphatic rings. The molecule has 2 unspecified atom stereocenters. The lowest BCUT2D eigenvalue weighted by Gasteiger charge is -2.38. The lowest BCUT2D eigenvalue weighted by Crippen LogP contribution is -2.41. The van der Waals surface area contributed by atoms with Gasteiger partial charge in [0, 0.05) is 17.5 Å². The van der Waals surface area contributed by atoms with Gasteiger partial charge in [-0.25, -0.2) is 0 Å². The Hall–Kier alpha value is -1.55. The van der Waals surface area contributed by atoms with Crippen LogP contribution in [0.4, 0.5) is 0 Å². The first kappa shape index (κ1) is 13.9. The second-order valence-corrected chi connectivity index (χ2v) is 5.14. The fourth-order valence-electron chi connectivity index (χ4n) is 2.81. The standard InChI is InChI=1S/C15H21NO3/c1-3-8-16(9-14(17)18)15-11(2)10-19-13-7-5-4-6-12(13)15/h4-7,11,15H,3,8-10H2,1-2H3,(H,17,18). The van der Waals surface area contributed by atoms with E-state index in [1.807, 2.05) is 29.2 Å². The van der Waals surface area contributed by atoms with Crippen LogP contribution in [0.1, 0.15) is 31.9 Å². The highest BCUT2D eigenvalue weighted by molar-refractivity contribution is 5.69. The molecule has 4 heteroatoms. The summed E-state index contributed by atoms with van der Waals surface area (Å²) in [6.07, 6.45) is 0.944. The van der Waals surface area contributed by atoms with Gasteiger partial charge < -0.3 is 9.84 Å². The van der Waals surface area contributed by atoms with Gasteiger partial charge in [-0.05, 0) is 19.0 Å². The van der Waals surface area contributed by atoms with Gasteiger partial charge in [0.25, 0.3) is 0 Å². The number of aliphatic carboxylic acids is 1. The topological polar surface area (TPSA) is 49.8 Å². The summed E-state index contributed by atoms with van der Waals surface area (Å²) < 4.78 is 5.73. The summed E-state index contributed by atoms with van der Waals surface area (Å²) in [6.45, 7) is 5.70. The second kappa shape index (κ2) is 6.06. The van der Waals surface area contributed by atoms with Gasteiger partial charge in [0.05, 0.1) is 13.2 Å². The first-order valence-corrected chi connectivity index (χ1v) is 6.81. The Balaban J connectivity index is 2.31. The van der Waals surface area contributed by atoms with Crippen LogP contribution in [0.3, 0.4) is 0 Å². The molecule has 0 fully saturated rings. The van der Waals surface area contributed by atoms with E-state index in [9.17, 15) is 4.79 Å². The van der Waals surface area contributed by atoms with Crippen LogP contribution < -0.4 is 4.74 Å². The second-order valence-electron chi connectivity index (χ2n) is 5.14. The number of carbonyl (C=O) groups is 1. The van der Waals surface area contributed by atoms with Gasteiger partial charge in [-0.2, -0.15) is 0 Å². The van der Waals surface area contributed by atoms with E-state index in [2.05, 4.69) is 13.8 Å². The zero-order valence-corrected chi connectivity index (χ0v) is 11.5. The minimum atomic E-state index is -0.773. The van der Waals surface area contributed by atoms with Gasteiger partial charge in [0.1, 0.15) is 5.75 Å². The van der Waals surface area contributed by atoms with E-state index in [1.54, 1.807) is 0 Å². The molecular weight excluding hydrogens is 242 g/mol. The van der Waals surface area contributed by atoms with Gasteiger partial charge in [-0.1, -0.05) is 32.0 Å². The van der Waals surface area contributed by atoms with Crippen molar-refractivity contribution in [3.8, 4) is 5.75 Å². The van der Waals surface area contributed by atoms with Crippen LogP contribution in [-0.4, -0.2) is 35.7 Å². The van der Waals surface area contributed by atoms with Crippen molar-refractivity contribution in [3.05, 3.63) is 29.8 Å². The number of ether oxygens (including phenoxy) is 1. The zero-order chi connectivity index (χ0) is 13.8. The Bertz CT molecular complexity index is 447. The number of carboxylic acid groups (broad SMARTS) is 1. The lowest BCUT2D eigenvalue weighted by molar-refractivity contribution is -0.139. The van der Waals surface area contributed by atoms with Gasteiger partial charge in [-0.3, -0.25) is 9.69 Å². The average molecular weight is 263 g/mol. The Morgan fingerprint density at radius 3 is 2.89 bits per heavy atom. The number of carboxylic acids is 1. The summed E-state index contributed by atoms with van der Waals surface area (Å²) in [4.78, 5) is 13.1. The lowest BCUT2D eigenvalue weighted by atomic mass is 9.90. The molecule has 0 saturated carbocycles. The van der Waals surface area contributed by atoms with E-state index in [-0.39, 0.29) is 12.6 Å². The largest absolute Gasteiger partial charge is 0.493 e. The summed E-state index contributed by atoms with van der Waals surface area (Å²) in [5.74, 6) is 0.405. The maximum atomic E-state index is 11.1. The number of rotatable bonds is 5. The molecule has 0 aliphatic carbocycles. The number of nitrogens with zero attached hydrogens (tertiary/aromatic N) is 1. The Morgan fingerprint density at radius 2 is 2.21 bits per heavy atom. The smallest absolute Gasteiger partial charge is 0.317 e. The summed E-state index contributed by atoms with van der Waals surface area (Å²) in [7, 11) is 0. The van der Waals surface area contributed by atoms with Gasteiger partial charge in [-0.15, -0.1) is 0 Å². The SMILES string of the molecule is CCCN(CC(=O)O)C1c2ccccc2OCC1C. The minimum Gasteiger partial charge on any atom is -0.493 e. The molecule has 2 atom stereocenters. The molecule has 19 heavy (non-hydrogen) atoms. The van der Waals surface area contributed by atoms with Crippen molar-refractivity contribution >= 4 is 5.97 Å². The maximum Gasteiger partial charge on any atom is 0.317 e. The van der Waals surface area contributed by atoms with Crippen molar-refractivity contribution in [2.24, 2.45) is 5.92 Å². The quantitative estimate of drug-likeness (QED) is 0.887. The van der Waals surface area contributed by atoms with Crippen molar-refractivity contribution in [2.75, 3.05) is 19.7 Å². The summed E-state index contributed by atoms with van der Waals surface area (Å²) >= 11 is 0. The molecule has 2 rings (SSSR count). The first-order valence-electron chi connectivity index (χ1n) is 6.81. The molecule has 0 radical (unpaired) electrons. The van der Waals surface area contributed by atoms with Crippen LogP contribution in [0, 0.1) is 5.92 Å². The number of para-hydroxylation sites is 1. The van der Waals surface area contributed by atoms with Crippen molar-refractivity contribution in [3.63, 3.8) is 0 Å². The third-order valence-corrected chi connectivity index (χ3v) is 3.52. The molecule has 1 aromatic carbocycles. The van der Waals surface area contributed by atoms with E-state index in [4.69, 9.17) is 9.84 Å². The Kier molecular flexibility index (Phi) is 4.43. The molecule has 0 amide bonds. The van der Waals surface area contributed by atoms with Crippen molar-refractivity contribution in [2.45, 2.75) is 26.3 Å². The van der Waals surface area contributed by atoms with Gasteiger partial charge >= 0.3 is 5.97 Å². The van der Waals surface area contributed by atoms with E-state index in [0.717, 1.165) is 24.3 Å². The molecular formula is C15H21NO3. The summed E-state index contributed by atoms with van der Waals surface area (Å²) in [5.41, 5.74) is 1.11. The van der Waals surface area contributed by atoms with Crippen LogP contribution in [0.15, 0.2) is 24.3 Å². The van der Waals surface area contributed by atoms with Crippen molar-refractivity contribution < 1.29 is 14.6 Å². The number of benzene rings is 1. The number of hydrogen-bond donors (Lipinski definition) is 1. The molecule has 1 heterocycles. The fourth-order valence-corrected chi connectivity index (χ4v) is 2.81. The number of fused-ring (bicyclic) bond motifs is 1. The van der Waals surface area contributed by atoms with Crippen LogP contribution in [-0.2, 0) is 4.79 Å². The minimum absolute atomic E-state index is 0.0805. The van der Waals surface area contributed by atoms with E-state index in [1.165, 1.54) is 0 Å². The third-order valence-electron chi connectivity index (χ3n) is 3.52. The summed E-state index contributed by atoms with van der Waals surface area (Å²) in [6, 6.07) is 8.06. The van der Waals surface area contributed by atoms with Crippen molar-refractivity contribution in [1.82, 2.24) is 4.90 Å². The molecule has 1 aromatic rings. The monoisotopic (exact) mass is 263 g/mol. The van der Waals surface area contributed by atoms with Gasteiger partial charge in [0.2, 0.25) is 0 Å². The molecule has 0 spiro atoms. The molecule has 104 valence electrons. The predicted octanol–water partition coefficient (Wildman–Crippen LogP) is 2.55.